The summed E-state index contributed by atoms with van der Waals surface area (Å²) in [6.07, 6.45) is -0.621. The summed E-state index contributed by atoms with van der Waals surface area (Å²) < 4.78 is 51.6. The molecule has 26 heavy (non-hydrogen) atoms. The van der Waals surface area contributed by atoms with Crippen molar-refractivity contribution >= 4 is 39.9 Å². The van der Waals surface area contributed by atoms with Crippen molar-refractivity contribution in [2.24, 2.45) is 0 Å². The third kappa shape index (κ3) is 5.87. The Morgan fingerprint density at radius 2 is 2.04 bits per heavy atom. The normalized spacial score (nSPS) is 18.7. The van der Waals surface area contributed by atoms with Crippen molar-refractivity contribution in [2.75, 3.05) is 25.5 Å². The molecular formula is C14H19ClF2N4O4S. The topological polar surface area (TPSA) is 116 Å². The highest BCUT2D eigenvalue weighted by Gasteiger charge is 2.42. The van der Waals surface area contributed by atoms with Crippen LogP contribution in [0.1, 0.15) is 6.42 Å². The fraction of sp³-hybridized carbons (Fsp3) is 0.429. The molecule has 0 aromatic heterocycles. The summed E-state index contributed by atoms with van der Waals surface area (Å²) in [5, 5.41) is 7.07. The van der Waals surface area contributed by atoms with E-state index in [2.05, 4.69) is 20.7 Å². The summed E-state index contributed by atoms with van der Waals surface area (Å²) >= 11 is 0. The summed E-state index contributed by atoms with van der Waals surface area (Å²) in [5.74, 6) is -4.25. The highest BCUT2D eigenvalue weighted by molar-refractivity contribution is 7.89. The van der Waals surface area contributed by atoms with Crippen LogP contribution in [0.4, 0.5) is 14.5 Å². The van der Waals surface area contributed by atoms with Gasteiger partial charge in [-0.05, 0) is 25.2 Å². The lowest BCUT2D eigenvalue weighted by atomic mass is 10.2. The van der Waals surface area contributed by atoms with E-state index in [1.54, 1.807) is 0 Å². The number of hydrogen-bond acceptors (Lipinski definition) is 5. The standard InChI is InChI=1S/C14H18F2N4O4S.ClH/c1-17-25(23,24)10-4-2-3-9(5-10)20-12(21)7-18-13(22)11-6-14(15,16)8-19-11;/h2-5,11,17,19H,6-8H2,1H3,(H,18,22)(H,20,21);1H. The van der Waals surface area contributed by atoms with Crippen LogP contribution in [0.5, 0.6) is 0 Å². The number of hydrogen-bond donors (Lipinski definition) is 4. The number of amides is 2. The van der Waals surface area contributed by atoms with Crippen LogP contribution < -0.4 is 20.7 Å². The van der Waals surface area contributed by atoms with Gasteiger partial charge >= 0.3 is 0 Å². The fourth-order valence-electron chi connectivity index (χ4n) is 2.26. The summed E-state index contributed by atoms with van der Waals surface area (Å²) in [6.45, 7) is -1.00. The molecule has 1 aliphatic heterocycles. The first-order valence-electron chi connectivity index (χ1n) is 7.35. The van der Waals surface area contributed by atoms with Gasteiger partial charge in [0.2, 0.25) is 21.8 Å². The van der Waals surface area contributed by atoms with Crippen molar-refractivity contribution < 1.29 is 26.8 Å². The van der Waals surface area contributed by atoms with Gasteiger partial charge in [0.25, 0.3) is 5.92 Å². The lowest BCUT2D eigenvalue weighted by Gasteiger charge is -2.12. The van der Waals surface area contributed by atoms with Gasteiger partial charge in [-0.2, -0.15) is 0 Å². The number of rotatable bonds is 6. The van der Waals surface area contributed by atoms with Crippen LogP contribution in [-0.2, 0) is 19.6 Å². The van der Waals surface area contributed by atoms with Crippen molar-refractivity contribution in [1.29, 1.82) is 0 Å². The molecule has 0 saturated carbocycles. The lowest BCUT2D eigenvalue weighted by molar-refractivity contribution is -0.125. The molecule has 12 heteroatoms. The molecule has 0 radical (unpaired) electrons. The molecule has 1 atom stereocenters. The predicted octanol–water partition coefficient (Wildman–Crippen LogP) is 0.0684. The van der Waals surface area contributed by atoms with Crippen molar-refractivity contribution in [1.82, 2.24) is 15.4 Å². The molecule has 2 rings (SSSR count). The third-order valence-electron chi connectivity index (χ3n) is 3.55. The van der Waals surface area contributed by atoms with Crippen LogP contribution in [0.3, 0.4) is 0 Å². The Hall–Kier alpha value is -1.82. The highest BCUT2D eigenvalue weighted by Crippen LogP contribution is 2.25. The van der Waals surface area contributed by atoms with Crippen molar-refractivity contribution in [3.63, 3.8) is 0 Å². The Labute approximate surface area is 155 Å². The summed E-state index contributed by atoms with van der Waals surface area (Å²) in [7, 11) is -2.39. The Morgan fingerprint density at radius 1 is 1.35 bits per heavy atom. The van der Waals surface area contributed by atoms with E-state index in [0.717, 1.165) is 0 Å². The Kier molecular flexibility index (Phi) is 7.45. The van der Waals surface area contributed by atoms with Gasteiger partial charge in [-0.1, -0.05) is 6.07 Å². The maximum atomic E-state index is 13.0. The molecular weight excluding hydrogens is 394 g/mol. The molecule has 146 valence electrons. The van der Waals surface area contributed by atoms with Gasteiger partial charge in [0.15, 0.2) is 0 Å². The quantitative estimate of drug-likeness (QED) is 0.527. The molecule has 1 fully saturated rings. The zero-order valence-electron chi connectivity index (χ0n) is 13.7. The minimum Gasteiger partial charge on any atom is -0.346 e. The predicted molar refractivity (Wildman–Crippen MR) is 92.9 cm³/mol. The molecule has 1 heterocycles. The number of benzene rings is 1. The SMILES string of the molecule is CNS(=O)(=O)c1cccc(NC(=O)CNC(=O)C2CC(F)(F)CN2)c1.Cl. The molecule has 0 bridgehead atoms. The van der Waals surface area contributed by atoms with Crippen LogP contribution in [0.2, 0.25) is 0 Å². The summed E-state index contributed by atoms with van der Waals surface area (Å²) in [5.41, 5.74) is 0.223. The van der Waals surface area contributed by atoms with Crippen molar-refractivity contribution in [3.05, 3.63) is 24.3 Å². The van der Waals surface area contributed by atoms with Crippen molar-refractivity contribution in [3.8, 4) is 0 Å². The molecule has 0 spiro atoms. The van der Waals surface area contributed by atoms with Crippen LogP contribution in [0.15, 0.2) is 29.2 Å². The van der Waals surface area contributed by atoms with E-state index in [1.165, 1.54) is 31.3 Å². The molecule has 1 aromatic carbocycles. The second kappa shape index (κ2) is 8.71. The Balaban J connectivity index is 0.00000338. The Morgan fingerprint density at radius 3 is 2.62 bits per heavy atom. The van der Waals surface area contributed by atoms with Crippen LogP contribution in [-0.4, -0.2) is 52.3 Å². The molecule has 2 amide bonds. The summed E-state index contributed by atoms with van der Waals surface area (Å²) in [6, 6.07) is 4.49. The van der Waals surface area contributed by atoms with E-state index < -0.39 is 53.3 Å². The Bertz CT molecular complexity index is 776. The molecule has 1 aliphatic rings. The smallest absolute Gasteiger partial charge is 0.262 e. The third-order valence-corrected chi connectivity index (χ3v) is 4.96. The first-order valence-corrected chi connectivity index (χ1v) is 8.84. The fourth-order valence-corrected chi connectivity index (χ4v) is 3.03. The number of carbonyl (C=O) groups is 2. The van der Waals surface area contributed by atoms with Gasteiger partial charge in [0, 0.05) is 12.1 Å². The van der Waals surface area contributed by atoms with Gasteiger partial charge in [-0.3, -0.25) is 14.9 Å². The maximum absolute atomic E-state index is 13.0. The van der Waals surface area contributed by atoms with Crippen LogP contribution >= 0.6 is 12.4 Å². The zero-order chi connectivity index (χ0) is 18.7. The van der Waals surface area contributed by atoms with Gasteiger partial charge in [0.05, 0.1) is 24.0 Å². The van der Waals surface area contributed by atoms with Crippen LogP contribution in [0, 0.1) is 0 Å². The monoisotopic (exact) mass is 412 g/mol. The largest absolute Gasteiger partial charge is 0.346 e. The number of nitrogens with one attached hydrogen (secondary N) is 4. The lowest BCUT2D eigenvalue weighted by Crippen LogP contribution is -2.43. The van der Waals surface area contributed by atoms with Gasteiger partial charge in [-0.25, -0.2) is 21.9 Å². The van der Waals surface area contributed by atoms with Gasteiger partial charge in [-0.15, -0.1) is 12.4 Å². The molecule has 1 unspecified atom stereocenters. The maximum Gasteiger partial charge on any atom is 0.262 e. The molecule has 4 N–H and O–H groups in total. The second-order valence-corrected chi connectivity index (χ2v) is 7.38. The highest BCUT2D eigenvalue weighted by atomic mass is 35.5. The number of sulfonamides is 1. The summed E-state index contributed by atoms with van der Waals surface area (Å²) in [4.78, 5) is 23.5. The average Bonchev–Trinajstić information content (AvgIpc) is 2.93. The van der Waals surface area contributed by atoms with Gasteiger partial charge in [0.1, 0.15) is 0 Å². The van der Waals surface area contributed by atoms with Gasteiger partial charge < -0.3 is 10.6 Å². The minimum absolute atomic E-state index is 0. The van der Waals surface area contributed by atoms with Crippen LogP contribution in [0.25, 0.3) is 0 Å². The van der Waals surface area contributed by atoms with E-state index in [0.29, 0.717) is 0 Å². The molecule has 8 nitrogen and oxygen atoms in total. The van der Waals surface area contributed by atoms with Crippen molar-refractivity contribution in [2.45, 2.75) is 23.3 Å². The van der Waals surface area contributed by atoms with E-state index in [1.807, 2.05) is 0 Å². The zero-order valence-corrected chi connectivity index (χ0v) is 15.3. The number of anilines is 1. The van der Waals surface area contributed by atoms with E-state index in [-0.39, 0.29) is 23.0 Å². The van der Waals surface area contributed by atoms with E-state index >= 15 is 0 Å². The number of halogens is 3. The second-order valence-electron chi connectivity index (χ2n) is 5.49. The number of carbonyl (C=O) groups excluding carboxylic acids is 2. The number of alkyl halides is 2. The molecule has 0 aliphatic carbocycles. The van der Waals surface area contributed by atoms with E-state index in [9.17, 15) is 26.8 Å². The van der Waals surface area contributed by atoms with E-state index in [4.69, 9.17) is 0 Å². The minimum atomic E-state index is -3.65. The molecule has 1 saturated heterocycles. The first kappa shape index (κ1) is 22.2. The molecule has 1 aromatic rings. The average molecular weight is 413 g/mol. The first-order chi connectivity index (χ1) is 11.6.